The van der Waals surface area contributed by atoms with Gasteiger partial charge in [-0.3, -0.25) is 0 Å². The second-order valence-electron chi connectivity index (χ2n) is 2.95. The molecule has 0 aliphatic carbocycles. The van der Waals surface area contributed by atoms with Crippen LogP contribution in [0.4, 0.5) is 0 Å². The van der Waals surface area contributed by atoms with Crippen molar-refractivity contribution in [1.29, 1.82) is 0 Å². The van der Waals surface area contributed by atoms with Gasteiger partial charge in [0.25, 0.3) is 0 Å². The Morgan fingerprint density at radius 2 is 2.31 bits per heavy atom. The number of hydrogen-bond acceptors (Lipinski definition) is 3. The van der Waals surface area contributed by atoms with Crippen LogP contribution in [0, 0.1) is 6.92 Å². The highest BCUT2D eigenvalue weighted by Crippen LogP contribution is 2.12. The predicted octanol–water partition coefficient (Wildman–Crippen LogP) is 2.90. The third-order valence-electron chi connectivity index (χ3n) is 1.90. The molecule has 0 radical (unpaired) electrons. The van der Waals surface area contributed by atoms with Gasteiger partial charge in [0.05, 0.1) is 0 Å². The van der Waals surface area contributed by atoms with Gasteiger partial charge < -0.3 is 5.32 Å². The molecular formula is C10H17NS2. The molecule has 0 aromatic carbocycles. The van der Waals surface area contributed by atoms with E-state index in [2.05, 4.69) is 29.9 Å². The van der Waals surface area contributed by atoms with Crippen LogP contribution >= 0.6 is 23.1 Å². The molecule has 74 valence electrons. The number of rotatable bonds is 6. The lowest BCUT2D eigenvalue weighted by atomic mass is 10.2. The highest BCUT2D eigenvalue weighted by molar-refractivity contribution is 7.99. The van der Waals surface area contributed by atoms with Gasteiger partial charge in [-0.2, -0.15) is 23.1 Å². The van der Waals surface area contributed by atoms with Crippen LogP contribution in [-0.4, -0.2) is 18.1 Å². The first-order valence-electron chi connectivity index (χ1n) is 4.64. The van der Waals surface area contributed by atoms with Crippen LogP contribution in [0.2, 0.25) is 0 Å². The molecule has 0 saturated carbocycles. The predicted molar refractivity (Wildman–Crippen MR) is 63.8 cm³/mol. The number of aryl methyl sites for hydroxylation is 1. The molecular weight excluding hydrogens is 198 g/mol. The second-order valence-corrected chi connectivity index (χ2v) is 5.09. The SMILES string of the molecule is CCSCCNCc1cscc1C. The molecule has 0 fully saturated rings. The Labute approximate surface area is 88.9 Å². The smallest absolute Gasteiger partial charge is 0.0216 e. The zero-order chi connectivity index (χ0) is 9.52. The maximum absolute atomic E-state index is 3.45. The molecule has 0 bridgehead atoms. The molecule has 0 saturated heterocycles. The van der Waals surface area contributed by atoms with Crippen molar-refractivity contribution in [3.8, 4) is 0 Å². The van der Waals surface area contributed by atoms with E-state index in [9.17, 15) is 0 Å². The van der Waals surface area contributed by atoms with Crippen LogP contribution in [0.25, 0.3) is 0 Å². The first-order valence-corrected chi connectivity index (χ1v) is 6.74. The molecule has 1 aromatic rings. The summed E-state index contributed by atoms with van der Waals surface area (Å²) < 4.78 is 0. The quantitative estimate of drug-likeness (QED) is 0.732. The summed E-state index contributed by atoms with van der Waals surface area (Å²) in [5, 5.41) is 7.89. The third kappa shape index (κ3) is 4.16. The van der Waals surface area contributed by atoms with Gasteiger partial charge in [0, 0.05) is 18.8 Å². The van der Waals surface area contributed by atoms with Gasteiger partial charge in [-0.05, 0) is 34.6 Å². The zero-order valence-corrected chi connectivity index (χ0v) is 9.93. The van der Waals surface area contributed by atoms with Crippen molar-refractivity contribution < 1.29 is 0 Å². The number of thiophene rings is 1. The summed E-state index contributed by atoms with van der Waals surface area (Å²) in [5.74, 6) is 2.44. The summed E-state index contributed by atoms with van der Waals surface area (Å²) in [5.41, 5.74) is 2.87. The first-order chi connectivity index (χ1) is 6.34. The Bertz CT molecular complexity index is 233. The molecule has 1 nitrogen and oxygen atoms in total. The molecule has 1 N–H and O–H groups in total. The van der Waals surface area contributed by atoms with E-state index in [4.69, 9.17) is 0 Å². The summed E-state index contributed by atoms with van der Waals surface area (Å²) in [4.78, 5) is 0. The van der Waals surface area contributed by atoms with Gasteiger partial charge >= 0.3 is 0 Å². The van der Waals surface area contributed by atoms with Gasteiger partial charge in [0.2, 0.25) is 0 Å². The van der Waals surface area contributed by atoms with Crippen LogP contribution in [0.5, 0.6) is 0 Å². The van der Waals surface area contributed by atoms with Crippen LogP contribution in [-0.2, 0) is 6.54 Å². The van der Waals surface area contributed by atoms with E-state index in [1.54, 1.807) is 11.3 Å². The minimum Gasteiger partial charge on any atom is -0.312 e. The second kappa shape index (κ2) is 6.46. The lowest BCUT2D eigenvalue weighted by Gasteiger charge is -2.03. The fourth-order valence-electron chi connectivity index (χ4n) is 1.08. The van der Waals surface area contributed by atoms with Crippen molar-refractivity contribution in [3.05, 3.63) is 21.9 Å². The van der Waals surface area contributed by atoms with Crippen molar-refractivity contribution >= 4 is 23.1 Å². The van der Waals surface area contributed by atoms with Crippen molar-refractivity contribution in [3.63, 3.8) is 0 Å². The number of nitrogens with one attached hydrogen (secondary N) is 1. The van der Waals surface area contributed by atoms with Crippen LogP contribution in [0.1, 0.15) is 18.1 Å². The molecule has 1 rings (SSSR count). The normalized spacial score (nSPS) is 10.6. The van der Waals surface area contributed by atoms with E-state index in [0.29, 0.717) is 0 Å². The third-order valence-corrected chi connectivity index (χ3v) is 3.72. The van der Waals surface area contributed by atoms with Crippen molar-refractivity contribution in [2.45, 2.75) is 20.4 Å². The summed E-state index contributed by atoms with van der Waals surface area (Å²) in [7, 11) is 0. The van der Waals surface area contributed by atoms with Crippen molar-refractivity contribution in [2.75, 3.05) is 18.1 Å². The van der Waals surface area contributed by atoms with Crippen LogP contribution in [0.3, 0.4) is 0 Å². The van der Waals surface area contributed by atoms with Gasteiger partial charge in [0.1, 0.15) is 0 Å². The Balaban J connectivity index is 2.10. The fourth-order valence-corrected chi connectivity index (χ4v) is 2.51. The molecule has 1 aromatic heterocycles. The highest BCUT2D eigenvalue weighted by atomic mass is 32.2. The molecule has 0 atom stereocenters. The Kier molecular flexibility index (Phi) is 5.51. The maximum Gasteiger partial charge on any atom is 0.0216 e. The molecule has 0 unspecified atom stereocenters. The van der Waals surface area contributed by atoms with Crippen molar-refractivity contribution in [2.24, 2.45) is 0 Å². The summed E-state index contributed by atoms with van der Waals surface area (Å²) in [6, 6.07) is 0. The Hall–Kier alpha value is 0.0100. The number of thioether (sulfide) groups is 1. The van der Waals surface area contributed by atoms with Gasteiger partial charge in [0.15, 0.2) is 0 Å². The lowest BCUT2D eigenvalue weighted by Crippen LogP contribution is -2.16. The topological polar surface area (TPSA) is 12.0 Å². The van der Waals surface area contributed by atoms with E-state index in [1.165, 1.54) is 22.6 Å². The minimum atomic E-state index is 1.03. The molecule has 0 aliphatic rings. The summed E-state index contributed by atoms with van der Waals surface area (Å²) >= 11 is 3.78. The summed E-state index contributed by atoms with van der Waals surface area (Å²) in [6.45, 7) is 6.52. The lowest BCUT2D eigenvalue weighted by molar-refractivity contribution is 0.731. The molecule has 0 spiro atoms. The van der Waals surface area contributed by atoms with E-state index >= 15 is 0 Å². The monoisotopic (exact) mass is 215 g/mol. The van der Waals surface area contributed by atoms with Crippen molar-refractivity contribution in [1.82, 2.24) is 5.32 Å². The summed E-state index contributed by atoms with van der Waals surface area (Å²) in [6.07, 6.45) is 0. The van der Waals surface area contributed by atoms with E-state index in [1.807, 2.05) is 11.8 Å². The molecule has 0 aliphatic heterocycles. The standard InChI is InChI=1S/C10H17NS2/c1-3-12-5-4-11-6-10-8-13-7-9(10)2/h7-8,11H,3-6H2,1-2H3. The minimum absolute atomic E-state index is 1.03. The molecule has 0 amide bonds. The molecule has 3 heteroatoms. The highest BCUT2D eigenvalue weighted by Gasteiger charge is 1.97. The van der Waals surface area contributed by atoms with Gasteiger partial charge in [-0.25, -0.2) is 0 Å². The molecule has 13 heavy (non-hydrogen) atoms. The Morgan fingerprint density at radius 1 is 1.46 bits per heavy atom. The Morgan fingerprint density at radius 3 is 2.92 bits per heavy atom. The average molecular weight is 215 g/mol. The van der Waals surface area contributed by atoms with E-state index in [0.717, 1.165) is 13.1 Å². The van der Waals surface area contributed by atoms with E-state index in [-0.39, 0.29) is 0 Å². The average Bonchev–Trinajstić information content (AvgIpc) is 2.52. The largest absolute Gasteiger partial charge is 0.312 e. The van der Waals surface area contributed by atoms with Gasteiger partial charge in [-0.15, -0.1) is 0 Å². The van der Waals surface area contributed by atoms with Crippen LogP contribution in [0.15, 0.2) is 10.8 Å². The maximum atomic E-state index is 3.45. The van der Waals surface area contributed by atoms with Crippen LogP contribution < -0.4 is 5.32 Å². The van der Waals surface area contributed by atoms with E-state index < -0.39 is 0 Å². The number of hydrogen-bond donors (Lipinski definition) is 1. The first kappa shape index (κ1) is 11.1. The van der Waals surface area contributed by atoms with Gasteiger partial charge in [-0.1, -0.05) is 6.92 Å². The zero-order valence-electron chi connectivity index (χ0n) is 8.30. The molecule has 1 heterocycles. The fraction of sp³-hybridized carbons (Fsp3) is 0.600.